The van der Waals surface area contributed by atoms with Crippen molar-refractivity contribution in [3.8, 4) is 23.0 Å². The summed E-state index contributed by atoms with van der Waals surface area (Å²) in [6.45, 7) is 4.31. The molecule has 3 aromatic carbocycles. The third kappa shape index (κ3) is 8.24. The minimum absolute atomic E-state index is 0.0953. The zero-order valence-electron chi connectivity index (χ0n) is 19.5. The molecular weight excluding hydrogens is 461 g/mol. The lowest BCUT2D eigenvalue weighted by atomic mass is 10.0. The molecule has 0 heterocycles. The summed E-state index contributed by atoms with van der Waals surface area (Å²) in [4.78, 5) is 10.7. The van der Waals surface area contributed by atoms with Crippen LogP contribution in [0.4, 0.5) is 13.2 Å². The first kappa shape index (κ1) is 25.9. The molecule has 0 spiro atoms. The largest absolute Gasteiger partial charge is 0.493 e. The van der Waals surface area contributed by atoms with Gasteiger partial charge < -0.3 is 19.3 Å². The van der Waals surface area contributed by atoms with Gasteiger partial charge in [-0.15, -0.1) is 0 Å². The molecule has 0 saturated heterocycles. The Balaban J connectivity index is 1.43. The number of ether oxygens (including phenoxy) is 3. The van der Waals surface area contributed by atoms with Crippen molar-refractivity contribution < 1.29 is 37.3 Å². The second-order valence-electron chi connectivity index (χ2n) is 8.14. The number of benzene rings is 3. The van der Waals surface area contributed by atoms with Crippen LogP contribution in [0.5, 0.6) is 23.0 Å². The Labute approximate surface area is 202 Å². The molecule has 0 bridgehead atoms. The molecule has 1 unspecified atom stereocenters. The van der Waals surface area contributed by atoms with E-state index in [0.29, 0.717) is 36.7 Å². The highest BCUT2D eigenvalue weighted by Crippen LogP contribution is 2.31. The van der Waals surface area contributed by atoms with Gasteiger partial charge in [-0.3, -0.25) is 4.79 Å². The number of rotatable bonds is 11. The van der Waals surface area contributed by atoms with Crippen LogP contribution in [0.1, 0.15) is 36.5 Å². The SMILES string of the molecule is Cc1cc(OCCC(C)Oc2ccc(Oc3ccc(C(F)(F)F)cc3)cc2)ccc1CCC(=O)O. The van der Waals surface area contributed by atoms with Gasteiger partial charge in [0.15, 0.2) is 0 Å². The predicted octanol–water partition coefficient (Wildman–Crippen LogP) is 7.06. The zero-order chi connectivity index (χ0) is 25.4. The van der Waals surface area contributed by atoms with Gasteiger partial charge in [-0.2, -0.15) is 13.2 Å². The van der Waals surface area contributed by atoms with E-state index in [9.17, 15) is 18.0 Å². The van der Waals surface area contributed by atoms with Gasteiger partial charge in [-0.1, -0.05) is 6.07 Å². The summed E-state index contributed by atoms with van der Waals surface area (Å²) in [6.07, 6.45) is -3.28. The van der Waals surface area contributed by atoms with Gasteiger partial charge in [0.1, 0.15) is 23.0 Å². The molecule has 0 radical (unpaired) electrons. The van der Waals surface area contributed by atoms with Crippen LogP contribution >= 0.6 is 0 Å². The molecule has 1 N–H and O–H groups in total. The maximum absolute atomic E-state index is 12.7. The minimum Gasteiger partial charge on any atom is -0.493 e. The zero-order valence-corrected chi connectivity index (χ0v) is 19.5. The van der Waals surface area contributed by atoms with Crippen molar-refractivity contribution in [3.63, 3.8) is 0 Å². The molecule has 5 nitrogen and oxygen atoms in total. The number of carboxylic acids is 1. The van der Waals surface area contributed by atoms with Gasteiger partial charge >= 0.3 is 12.1 Å². The number of hydrogen-bond donors (Lipinski definition) is 1. The molecule has 186 valence electrons. The Bertz CT molecular complexity index is 1110. The topological polar surface area (TPSA) is 65.0 Å². The highest BCUT2D eigenvalue weighted by atomic mass is 19.4. The van der Waals surface area contributed by atoms with Crippen LogP contribution in [0, 0.1) is 6.92 Å². The Morgan fingerprint density at radius 1 is 0.914 bits per heavy atom. The minimum atomic E-state index is -4.38. The van der Waals surface area contributed by atoms with Crippen molar-refractivity contribution in [1.82, 2.24) is 0 Å². The first-order chi connectivity index (χ1) is 16.6. The third-order valence-electron chi connectivity index (χ3n) is 5.29. The Kier molecular flexibility index (Phi) is 8.63. The molecule has 0 aliphatic heterocycles. The summed E-state index contributed by atoms with van der Waals surface area (Å²) in [5, 5.41) is 8.82. The van der Waals surface area contributed by atoms with Crippen molar-refractivity contribution in [3.05, 3.63) is 83.4 Å². The van der Waals surface area contributed by atoms with Crippen molar-refractivity contribution >= 4 is 5.97 Å². The molecule has 0 fully saturated rings. The van der Waals surface area contributed by atoms with Crippen molar-refractivity contribution in [2.45, 2.75) is 45.4 Å². The van der Waals surface area contributed by atoms with E-state index in [0.717, 1.165) is 29.0 Å². The molecule has 0 saturated carbocycles. The number of carbonyl (C=O) groups is 1. The van der Waals surface area contributed by atoms with Crippen LogP contribution in [-0.2, 0) is 17.4 Å². The van der Waals surface area contributed by atoms with Gasteiger partial charge in [-0.05, 0) is 92.1 Å². The van der Waals surface area contributed by atoms with Gasteiger partial charge in [0.2, 0.25) is 0 Å². The van der Waals surface area contributed by atoms with Crippen LogP contribution in [0.3, 0.4) is 0 Å². The van der Waals surface area contributed by atoms with E-state index in [1.807, 2.05) is 32.0 Å². The number of hydrogen-bond acceptors (Lipinski definition) is 4. The molecule has 35 heavy (non-hydrogen) atoms. The molecule has 1 atom stereocenters. The summed E-state index contributed by atoms with van der Waals surface area (Å²) < 4.78 is 55.3. The number of carboxylic acid groups (broad SMARTS) is 1. The van der Waals surface area contributed by atoms with E-state index < -0.39 is 17.7 Å². The Hall–Kier alpha value is -3.68. The molecular formula is C27H27F3O5. The maximum atomic E-state index is 12.7. The normalized spacial score (nSPS) is 12.1. The standard InChI is InChI=1S/C27H27F3O5/c1-18-17-25(7-3-20(18)4-14-26(31)32)33-16-15-19(2)34-22-10-12-24(13-11-22)35-23-8-5-21(6-9-23)27(28,29)30/h3,5-13,17,19H,4,14-16H2,1-2H3,(H,31,32). The van der Waals surface area contributed by atoms with Crippen LogP contribution < -0.4 is 14.2 Å². The third-order valence-corrected chi connectivity index (χ3v) is 5.29. The number of halogens is 3. The molecule has 0 amide bonds. The fourth-order valence-electron chi connectivity index (χ4n) is 3.35. The Morgan fingerprint density at radius 3 is 2.06 bits per heavy atom. The van der Waals surface area contributed by atoms with Gasteiger partial charge in [0.25, 0.3) is 0 Å². The van der Waals surface area contributed by atoms with E-state index in [1.165, 1.54) is 12.1 Å². The molecule has 8 heteroatoms. The van der Waals surface area contributed by atoms with Crippen LogP contribution in [-0.4, -0.2) is 23.8 Å². The van der Waals surface area contributed by atoms with Gasteiger partial charge in [0.05, 0.1) is 18.3 Å². The predicted molar refractivity (Wildman–Crippen MR) is 125 cm³/mol. The fraction of sp³-hybridized carbons (Fsp3) is 0.296. The average Bonchev–Trinajstić information content (AvgIpc) is 2.79. The monoisotopic (exact) mass is 488 g/mol. The lowest BCUT2D eigenvalue weighted by molar-refractivity contribution is -0.138. The lowest BCUT2D eigenvalue weighted by Gasteiger charge is -2.16. The van der Waals surface area contributed by atoms with Gasteiger partial charge in [0, 0.05) is 12.8 Å². The summed E-state index contributed by atoms with van der Waals surface area (Å²) in [7, 11) is 0. The Morgan fingerprint density at radius 2 is 1.49 bits per heavy atom. The molecule has 0 aliphatic carbocycles. The number of aliphatic carboxylic acids is 1. The second-order valence-corrected chi connectivity index (χ2v) is 8.14. The molecule has 3 aromatic rings. The van der Waals surface area contributed by atoms with Crippen molar-refractivity contribution in [1.29, 1.82) is 0 Å². The molecule has 3 rings (SSSR count). The van der Waals surface area contributed by atoms with Crippen molar-refractivity contribution in [2.75, 3.05) is 6.61 Å². The van der Waals surface area contributed by atoms with Gasteiger partial charge in [-0.25, -0.2) is 0 Å². The first-order valence-corrected chi connectivity index (χ1v) is 11.2. The maximum Gasteiger partial charge on any atom is 0.416 e. The average molecular weight is 489 g/mol. The van der Waals surface area contributed by atoms with Crippen molar-refractivity contribution in [2.24, 2.45) is 0 Å². The summed E-state index contributed by atoms with van der Waals surface area (Å²) >= 11 is 0. The van der Waals surface area contributed by atoms with E-state index in [2.05, 4.69) is 0 Å². The number of alkyl halides is 3. The first-order valence-electron chi connectivity index (χ1n) is 11.2. The van der Waals surface area contributed by atoms with E-state index in [-0.39, 0.29) is 12.5 Å². The van der Waals surface area contributed by atoms with Crippen LogP contribution in [0.15, 0.2) is 66.7 Å². The molecule has 0 aromatic heterocycles. The summed E-state index contributed by atoms with van der Waals surface area (Å²) in [5.41, 5.74) is 1.25. The van der Waals surface area contributed by atoms with E-state index >= 15 is 0 Å². The quantitative estimate of drug-likeness (QED) is 0.313. The van der Waals surface area contributed by atoms with E-state index in [4.69, 9.17) is 19.3 Å². The summed E-state index contributed by atoms with van der Waals surface area (Å²) in [6, 6.07) is 17.0. The van der Waals surface area contributed by atoms with Crippen LogP contribution in [0.25, 0.3) is 0 Å². The highest BCUT2D eigenvalue weighted by Gasteiger charge is 2.30. The lowest BCUT2D eigenvalue weighted by Crippen LogP contribution is -2.15. The second kappa shape index (κ2) is 11.6. The number of aryl methyl sites for hydroxylation is 2. The van der Waals surface area contributed by atoms with Crippen LogP contribution in [0.2, 0.25) is 0 Å². The smallest absolute Gasteiger partial charge is 0.416 e. The molecule has 0 aliphatic rings. The highest BCUT2D eigenvalue weighted by molar-refractivity contribution is 5.67. The fourth-order valence-corrected chi connectivity index (χ4v) is 3.35. The summed E-state index contributed by atoms with van der Waals surface area (Å²) in [5.74, 6) is 1.33. The van der Waals surface area contributed by atoms with E-state index in [1.54, 1.807) is 24.3 Å².